The number of unbranched alkanes of at least 4 members (excludes halogenated alkanes) is 1. The molecule has 1 aliphatic carbocycles. The van der Waals surface area contributed by atoms with E-state index in [1.807, 2.05) is 34.1 Å². The predicted molar refractivity (Wildman–Crippen MR) is 144 cm³/mol. The molecule has 1 saturated carbocycles. The van der Waals surface area contributed by atoms with Gasteiger partial charge in [0.15, 0.2) is 0 Å². The van der Waals surface area contributed by atoms with Crippen molar-refractivity contribution in [1.29, 1.82) is 0 Å². The number of fused-ring (bicyclic) bond motifs is 3. The molecule has 36 heavy (non-hydrogen) atoms. The van der Waals surface area contributed by atoms with Crippen molar-refractivity contribution in [3.8, 4) is 5.69 Å². The molecule has 1 unspecified atom stereocenters. The van der Waals surface area contributed by atoms with Crippen molar-refractivity contribution in [3.63, 3.8) is 0 Å². The molecule has 1 fully saturated rings. The van der Waals surface area contributed by atoms with Gasteiger partial charge in [-0.3, -0.25) is 14.5 Å². The van der Waals surface area contributed by atoms with Crippen LogP contribution in [0.25, 0.3) is 5.69 Å². The highest BCUT2D eigenvalue weighted by atomic mass is 16.2. The molecule has 5 rings (SSSR count). The predicted octanol–water partition coefficient (Wildman–Crippen LogP) is 6.43. The summed E-state index contributed by atoms with van der Waals surface area (Å²) in [6.07, 6.45) is 9.29. The summed E-state index contributed by atoms with van der Waals surface area (Å²) in [5, 5.41) is 0. The molecular formula is C31H37N3O2. The molecule has 5 nitrogen and oxygen atoms in total. The van der Waals surface area contributed by atoms with Crippen LogP contribution in [-0.2, 0) is 9.59 Å². The Kier molecular flexibility index (Phi) is 7.26. The number of aromatic nitrogens is 1. The minimum Gasteiger partial charge on any atom is -0.333 e. The van der Waals surface area contributed by atoms with Crippen LogP contribution in [0.2, 0.25) is 0 Å². The fourth-order valence-corrected chi connectivity index (χ4v) is 5.79. The normalized spacial score (nSPS) is 17.4. The van der Waals surface area contributed by atoms with Crippen LogP contribution >= 0.6 is 0 Å². The molecule has 0 N–H and O–H groups in total. The zero-order valence-corrected chi connectivity index (χ0v) is 21.5. The summed E-state index contributed by atoms with van der Waals surface area (Å²) in [6.45, 7) is 4.97. The van der Waals surface area contributed by atoms with Crippen LogP contribution in [0.1, 0.15) is 74.7 Å². The van der Waals surface area contributed by atoms with Crippen LogP contribution in [0.4, 0.5) is 5.69 Å². The van der Waals surface area contributed by atoms with E-state index in [1.165, 1.54) is 12.0 Å². The molecule has 1 aromatic heterocycles. The number of benzene rings is 2. The maximum Gasteiger partial charge on any atom is 0.247 e. The van der Waals surface area contributed by atoms with Crippen molar-refractivity contribution in [1.82, 2.24) is 9.47 Å². The molecule has 2 aromatic carbocycles. The van der Waals surface area contributed by atoms with Crippen LogP contribution in [0.15, 0.2) is 66.9 Å². The van der Waals surface area contributed by atoms with Crippen LogP contribution in [-0.4, -0.2) is 34.4 Å². The maximum absolute atomic E-state index is 14.2. The number of anilines is 1. The van der Waals surface area contributed by atoms with Gasteiger partial charge in [0, 0.05) is 18.7 Å². The van der Waals surface area contributed by atoms with Crippen molar-refractivity contribution in [2.24, 2.45) is 5.92 Å². The number of rotatable bonds is 7. The molecule has 2 aliphatic rings. The summed E-state index contributed by atoms with van der Waals surface area (Å²) in [5.41, 5.74) is 5.20. The van der Waals surface area contributed by atoms with Gasteiger partial charge in [-0.2, -0.15) is 0 Å². The quantitative estimate of drug-likeness (QED) is 0.389. The lowest BCUT2D eigenvalue weighted by atomic mass is 9.88. The highest BCUT2D eigenvalue weighted by Crippen LogP contribution is 2.42. The fourth-order valence-electron chi connectivity index (χ4n) is 5.79. The summed E-state index contributed by atoms with van der Waals surface area (Å²) < 4.78 is 2.19. The molecule has 5 heteroatoms. The van der Waals surface area contributed by atoms with Gasteiger partial charge in [-0.25, -0.2) is 0 Å². The summed E-state index contributed by atoms with van der Waals surface area (Å²) in [4.78, 5) is 31.6. The van der Waals surface area contributed by atoms with Crippen molar-refractivity contribution in [2.75, 3.05) is 18.0 Å². The third-order valence-corrected chi connectivity index (χ3v) is 7.76. The third kappa shape index (κ3) is 4.71. The molecule has 1 atom stereocenters. The van der Waals surface area contributed by atoms with E-state index >= 15 is 0 Å². The van der Waals surface area contributed by atoms with Crippen LogP contribution in [0.3, 0.4) is 0 Å². The van der Waals surface area contributed by atoms with E-state index in [2.05, 4.69) is 61.0 Å². The first-order chi connectivity index (χ1) is 17.6. The Labute approximate surface area is 214 Å². The smallest absolute Gasteiger partial charge is 0.247 e. The monoisotopic (exact) mass is 483 g/mol. The molecule has 188 valence electrons. The largest absolute Gasteiger partial charge is 0.333 e. The van der Waals surface area contributed by atoms with E-state index in [0.717, 1.165) is 61.2 Å². The number of amides is 2. The Morgan fingerprint density at radius 1 is 0.917 bits per heavy atom. The molecule has 2 amide bonds. The van der Waals surface area contributed by atoms with E-state index in [-0.39, 0.29) is 30.3 Å². The highest BCUT2D eigenvalue weighted by molar-refractivity contribution is 6.00. The van der Waals surface area contributed by atoms with E-state index in [4.69, 9.17) is 0 Å². The van der Waals surface area contributed by atoms with Gasteiger partial charge in [0.1, 0.15) is 12.6 Å². The number of carbonyl (C=O) groups is 2. The van der Waals surface area contributed by atoms with Gasteiger partial charge in [0.25, 0.3) is 0 Å². The van der Waals surface area contributed by atoms with Gasteiger partial charge in [-0.05, 0) is 56.0 Å². The second kappa shape index (κ2) is 10.7. The minimum absolute atomic E-state index is 0.0271. The maximum atomic E-state index is 14.2. The Balaban J connectivity index is 1.52. The topological polar surface area (TPSA) is 45.6 Å². The first-order valence-electron chi connectivity index (χ1n) is 13.5. The van der Waals surface area contributed by atoms with Gasteiger partial charge in [-0.15, -0.1) is 0 Å². The van der Waals surface area contributed by atoms with Gasteiger partial charge in [0.2, 0.25) is 11.8 Å². The molecule has 1 aliphatic heterocycles. The standard InChI is InChI=1S/C31H37N3O2/c1-3-4-20-32(31(36)25-11-6-5-7-12-25)22-29(35)34-27-14-9-8-13-26(27)33-21-10-15-28(33)30(34)24-18-16-23(2)17-19-24/h8-10,13-19,21,25,30H,3-7,11-12,20,22H2,1-2H3. The molecule has 0 spiro atoms. The lowest BCUT2D eigenvalue weighted by Crippen LogP contribution is -2.48. The Morgan fingerprint density at radius 2 is 1.64 bits per heavy atom. The first-order valence-corrected chi connectivity index (χ1v) is 13.5. The average molecular weight is 484 g/mol. The highest BCUT2D eigenvalue weighted by Gasteiger charge is 2.37. The third-order valence-electron chi connectivity index (χ3n) is 7.76. The van der Waals surface area contributed by atoms with Crippen molar-refractivity contribution < 1.29 is 9.59 Å². The summed E-state index contributed by atoms with van der Waals surface area (Å²) >= 11 is 0. The average Bonchev–Trinajstić information content (AvgIpc) is 3.41. The Hall–Kier alpha value is -3.34. The zero-order valence-electron chi connectivity index (χ0n) is 21.5. The van der Waals surface area contributed by atoms with Crippen molar-refractivity contribution >= 4 is 17.5 Å². The molecular weight excluding hydrogens is 446 g/mol. The molecule has 0 bridgehead atoms. The van der Waals surface area contributed by atoms with Gasteiger partial charge < -0.3 is 9.47 Å². The number of hydrogen-bond donors (Lipinski definition) is 0. The van der Waals surface area contributed by atoms with E-state index < -0.39 is 0 Å². The fraction of sp³-hybridized carbons (Fsp3) is 0.419. The number of hydrogen-bond acceptors (Lipinski definition) is 2. The number of aryl methyl sites for hydroxylation is 1. The Morgan fingerprint density at radius 3 is 2.36 bits per heavy atom. The molecule has 0 saturated heterocycles. The number of para-hydroxylation sites is 2. The van der Waals surface area contributed by atoms with Crippen molar-refractivity contribution in [3.05, 3.63) is 83.7 Å². The lowest BCUT2D eigenvalue weighted by molar-refractivity contribution is -0.139. The van der Waals surface area contributed by atoms with Crippen molar-refractivity contribution in [2.45, 2.75) is 64.8 Å². The summed E-state index contributed by atoms with van der Waals surface area (Å²) in [6, 6.07) is 20.4. The Bertz CT molecular complexity index is 1210. The van der Waals surface area contributed by atoms with E-state index in [0.29, 0.717) is 6.54 Å². The molecule has 3 aromatic rings. The minimum atomic E-state index is -0.249. The lowest BCUT2D eigenvalue weighted by Gasteiger charge is -2.40. The van der Waals surface area contributed by atoms with E-state index in [1.54, 1.807) is 0 Å². The number of nitrogens with zero attached hydrogens (tertiary/aromatic N) is 3. The SMILES string of the molecule is CCCCN(CC(=O)N1c2ccccc2-n2cccc2C1c1ccc(C)cc1)C(=O)C1CCCCC1. The van der Waals surface area contributed by atoms with Gasteiger partial charge in [0.05, 0.1) is 17.1 Å². The zero-order chi connectivity index (χ0) is 25.1. The van der Waals surface area contributed by atoms with E-state index in [9.17, 15) is 9.59 Å². The second-order valence-corrected chi connectivity index (χ2v) is 10.3. The number of carbonyl (C=O) groups excluding carboxylic acids is 2. The van der Waals surface area contributed by atoms with Gasteiger partial charge >= 0.3 is 0 Å². The summed E-state index contributed by atoms with van der Waals surface area (Å²) in [7, 11) is 0. The molecule has 2 heterocycles. The summed E-state index contributed by atoms with van der Waals surface area (Å²) in [5.74, 6) is 0.194. The van der Waals surface area contributed by atoms with Gasteiger partial charge in [-0.1, -0.05) is 74.6 Å². The van der Waals surface area contributed by atoms with Crippen LogP contribution in [0.5, 0.6) is 0 Å². The first kappa shape index (κ1) is 24.4. The van der Waals surface area contributed by atoms with Crippen LogP contribution < -0.4 is 4.90 Å². The van der Waals surface area contributed by atoms with Crippen LogP contribution in [0, 0.1) is 12.8 Å². The molecule has 0 radical (unpaired) electrons. The second-order valence-electron chi connectivity index (χ2n) is 10.3.